The maximum absolute atomic E-state index is 11.7. The molecule has 1 aliphatic carbocycles. The molecule has 0 aliphatic heterocycles. The highest BCUT2D eigenvalue weighted by molar-refractivity contribution is 7.99. The van der Waals surface area contributed by atoms with Crippen molar-refractivity contribution in [1.29, 1.82) is 0 Å². The first kappa shape index (κ1) is 14.8. The van der Waals surface area contributed by atoms with E-state index in [2.05, 4.69) is 13.8 Å². The van der Waals surface area contributed by atoms with Crippen molar-refractivity contribution in [3.8, 4) is 0 Å². The number of hydrogen-bond donors (Lipinski definition) is 1. The fourth-order valence-corrected chi connectivity index (χ4v) is 3.60. The van der Waals surface area contributed by atoms with E-state index in [1.165, 1.54) is 12.9 Å². The van der Waals surface area contributed by atoms with Gasteiger partial charge in [0.15, 0.2) is 0 Å². The lowest BCUT2D eigenvalue weighted by atomic mass is 9.86. The molecule has 17 heavy (non-hydrogen) atoms. The summed E-state index contributed by atoms with van der Waals surface area (Å²) in [7, 11) is 1.43. The zero-order chi connectivity index (χ0) is 12.9. The predicted octanol–water partition coefficient (Wildman–Crippen LogP) is 2.44. The molecule has 0 heterocycles. The van der Waals surface area contributed by atoms with Gasteiger partial charge in [-0.25, -0.2) is 0 Å². The Balaban J connectivity index is 2.39. The lowest BCUT2D eigenvalue weighted by Crippen LogP contribution is -2.51. The van der Waals surface area contributed by atoms with Crippen molar-refractivity contribution < 1.29 is 9.53 Å². The van der Waals surface area contributed by atoms with E-state index < -0.39 is 5.54 Å². The number of carbonyl (C=O) groups is 1. The van der Waals surface area contributed by atoms with Gasteiger partial charge in [-0.3, -0.25) is 4.79 Å². The van der Waals surface area contributed by atoms with Crippen molar-refractivity contribution in [2.75, 3.05) is 18.6 Å². The predicted molar refractivity (Wildman–Crippen MR) is 73.1 cm³/mol. The van der Waals surface area contributed by atoms with Crippen molar-refractivity contribution in [2.45, 2.75) is 45.1 Å². The molecule has 1 saturated carbocycles. The highest BCUT2D eigenvalue weighted by Crippen LogP contribution is 2.37. The van der Waals surface area contributed by atoms with E-state index in [-0.39, 0.29) is 5.97 Å². The number of thioether (sulfide) groups is 1. The van der Waals surface area contributed by atoms with Crippen LogP contribution in [0.2, 0.25) is 0 Å². The maximum atomic E-state index is 11.7. The van der Waals surface area contributed by atoms with Crippen LogP contribution in [0.4, 0.5) is 0 Å². The largest absolute Gasteiger partial charge is 0.468 e. The number of carbonyl (C=O) groups excluding carboxylic acids is 1. The molecular formula is C13H25NO2S. The van der Waals surface area contributed by atoms with Crippen molar-refractivity contribution in [2.24, 2.45) is 17.6 Å². The molecule has 0 radical (unpaired) electrons. The number of nitrogens with two attached hydrogens (primary N) is 1. The summed E-state index contributed by atoms with van der Waals surface area (Å²) in [6.07, 6.45) is 3.92. The molecule has 0 aromatic carbocycles. The smallest absolute Gasteiger partial charge is 0.326 e. The molecule has 1 rings (SSSR count). The molecule has 100 valence electrons. The van der Waals surface area contributed by atoms with Gasteiger partial charge in [-0.15, -0.1) is 0 Å². The summed E-state index contributed by atoms with van der Waals surface area (Å²) >= 11 is 1.96. The van der Waals surface area contributed by atoms with Crippen molar-refractivity contribution in [3.05, 3.63) is 0 Å². The highest BCUT2D eigenvalue weighted by atomic mass is 32.2. The minimum absolute atomic E-state index is 0.228. The average molecular weight is 259 g/mol. The number of rotatable bonds is 6. The van der Waals surface area contributed by atoms with Gasteiger partial charge in [-0.1, -0.05) is 20.3 Å². The van der Waals surface area contributed by atoms with Gasteiger partial charge >= 0.3 is 5.97 Å². The minimum Gasteiger partial charge on any atom is -0.468 e. The van der Waals surface area contributed by atoms with Crippen LogP contribution in [0.1, 0.15) is 39.5 Å². The van der Waals surface area contributed by atoms with Crippen molar-refractivity contribution in [1.82, 2.24) is 0 Å². The van der Waals surface area contributed by atoms with Gasteiger partial charge in [-0.05, 0) is 42.6 Å². The summed E-state index contributed by atoms with van der Waals surface area (Å²) in [6, 6.07) is 0. The number of ether oxygens (including phenoxy) is 1. The zero-order valence-corrected chi connectivity index (χ0v) is 12.0. The Morgan fingerprint density at radius 3 is 2.88 bits per heavy atom. The Morgan fingerprint density at radius 2 is 2.29 bits per heavy atom. The van der Waals surface area contributed by atoms with E-state index in [9.17, 15) is 4.79 Å². The van der Waals surface area contributed by atoms with E-state index in [1.807, 2.05) is 11.8 Å². The van der Waals surface area contributed by atoms with Gasteiger partial charge in [0.2, 0.25) is 0 Å². The SMILES string of the molecule is COC(=O)C1(N)CCCC1CCSCC(C)C. The lowest BCUT2D eigenvalue weighted by molar-refractivity contribution is -0.148. The Kier molecular flexibility index (Phi) is 5.80. The fourth-order valence-electron chi connectivity index (χ4n) is 2.51. The lowest BCUT2D eigenvalue weighted by Gasteiger charge is -2.28. The van der Waals surface area contributed by atoms with Gasteiger partial charge in [0.05, 0.1) is 7.11 Å². The molecule has 4 heteroatoms. The molecule has 0 aromatic rings. The molecule has 3 nitrogen and oxygen atoms in total. The Hall–Kier alpha value is -0.220. The topological polar surface area (TPSA) is 52.3 Å². The second-order valence-electron chi connectivity index (χ2n) is 5.38. The normalized spacial score (nSPS) is 28.6. The van der Waals surface area contributed by atoms with Gasteiger partial charge < -0.3 is 10.5 Å². The molecule has 2 N–H and O–H groups in total. The van der Waals surface area contributed by atoms with Crippen LogP contribution < -0.4 is 5.73 Å². The maximum Gasteiger partial charge on any atom is 0.326 e. The summed E-state index contributed by atoms with van der Waals surface area (Å²) in [6.45, 7) is 4.45. The molecule has 0 amide bonds. The molecule has 0 aromatic heterocycles. The van der Waals surface area contributed by atoms with Gasteiger partial charge in [-0.2, -0.15) is 11.8 Å². The number of methoxy groups -OCH3 is 1. The summed E-state index contributed by atoms with van der Waals surface area (Å²) in [5, 5.41) is 0. The van der Waals surface area contributed by atoms with Crippen LogP contribution in [0.5, 0.6) is 0 Å². The third-order valence-corrected chi connectivity index (χ3v) is 4.93. The van der Waals surface area contributed by atoms with Crippen LogP contribution in [0, 0.1) is 11.8 Å². The summed E-state index contributed by atoms with van der Waals surface area (Å²) in [5.41, 5.74) is 5.50. The Labute approximate surface area is 109 Å². The van der Waals surface area contributed by atoms with Crippen LogP contribution in [0.3, 0.4) is 0 Å². The van der Waals surface area contributed by atoms with Gasteiger partial charge in [0, 0.05) is 0 Å². The fraction of sp³-hybridized carbons (Fsp3) is 0.923. The second kappa shape index (κ2) is 6.64. The van der Waals surface area contributed by atoms with E-state index in [4.69, 9.17) is 10.5 Å². The van der Waals surface area contributed by atoms with Crippen LogP contribution in [-0.4, -0.2) is 30.1 Å². The molecular weight excluding hydrogens is 234 g/mol. The van der Waals surface area contributed by atoms with Crippen LogP contribution in [0.15, 0.2) is 0 Å². The molecule has 1 fully saturated rings. The molecule has 0 saturated heterocycles. The van der Waals surface area contributed by atoms with Crippen LogP contribution in [0.25, 0.3) is 0 Å². The Bertz CT molecular complexity index is 258. The molecule has 0 bridgehead atoms. The summed E-state index contributed by atoms with van der Waals surface area (Å²) in [4.78, 5) is 11.7. The monoisotopic (exact) mass is 259 g/mol. The average Bonchev–Trinajstić information content (AvgIpc) is 2.66. The third kappa shape index (κ3) is 3.88. The second-order valence-corrected chi connectivity index (χ2v) is 6.53. The summed E-state index contributed by atoms with van der Waals surface area (Å²) < 4.78 is 4.84. The number of hydrogen-bond acceptors (Lipinski definition) is 4. The van der Waals surface area contributed by atoms with E-state index in [1.54, 1.807) is 0 Å². The minimum atomic E-state index is -0.715. The van der Waals surface area contributed by atoms with E-state index >= 15 is 0 Å². The molecule has 2 unspecified atom stereocenters. The van der Waals surface area contributed by atoms with Gasteiger partial charge in [0.25, 0.3) is 0 Å². The molecule has 1 aliphatic rings. The molecule has 0 spiro atoms. The first-order valence-electron chi connectivity index (χ1n) is 6.45. The van der Waals surface area contributed by atoms with Crippen LogP contribution >= 0.6 is 11.8 Å². The van der Waals surface area contributed by atoms with Crippen LogP contribution in [-0.2, 0) is 9.53 Å². The highest BCUT2D eigenvalue weighted by Gasteiger charge is 2.46. The van der Waals surface area contributed by atoms with Gasteiger partial charge in [0.1, 0.15) is 5.54 Å². The summed E-state index contributed by atoms with van der Waals surface area (Å²) in [5.74, 6) is 3.08. The van der Waals surface area contributed by atoms with Crippen molar-refractivity contribution >= 4 is 17.7 Å². The van der Waals surface area contributed by atoms with E-state index in [0.29, 0.717) is 5.92 Å². The first-order valence-corrected chi connectivity index (χ1v) is 7.61. The number of esters is 1. The van der Waals surface area contributed by atoms with Crippen molar-refractivity contribution in [3.63, 3.8) is 0 Å². The first-order chi connectivity index (χ1) is 8.00. The quantitative estimate of drug-likeness (QED) is 0.588. The van der Waals surface area contributed by atoms with E-state index in [0.717, 1.165) is 37.4 Å². The molecule has 2 atom stereocenters. The standard InChI is InChI=1S/C13H25NO2S/c1-10(2)9-17-8-6-11-5-4-7-13(11,14)12(15)16-3/h10-11H,4-9,14H2,1-3H3. The Morgan fingerprint density at radius 1 is 1.59 bits per heavy atom. The zero-order valence-electron chi connectivity index (χ0n) is 11.2. The third-order valence-electron chi connectivity index (χ3n) is 3.50.